The van der Waals surface area contributed by atoms with Crippen LogP contribution in [0.5, 0.6) is 0 Å². The van der Waals surface area contributed by atoms with Gasteiger partial charge in [0.2, 0.25) is 6.33 Å². The number of unbranched alkanes of at least 4 members (excludes halogenated alkanes) is 34. The molecular weight excluding hydrogens is 653 g/mol. The Morgan fingerprint density at radius 3 is 0.870 bits per heavy atom. The first-order chi connectivity index (χ1) is 26.7. The van der Waals surface area contributed by atoms with Crippen LogP contribution in [0.4, 0.5) is 0 Å². The van der Waals surface area contributed by atoms with Crippen molar-refractivity contribution in [2.45, 2.75) is 303 Å². The summed E-state index contributed by atoms with van der Waals surface area (Å²) in [4.78, 5) is 0. The second-order valence-corrected chi connectivity index (χ2v) is 18.4. The van der Waals surface area contributed by atoms with E-state index in [0.29, 0.717) is 6.04 Å². The van der Waals surface area contributed by atoms with Crippen molar-refractivity contribution in [2.75, 3.05) is 0 Å². The van der Waals surface area contributed by atoms with Crippen LogP contribution in [-0.4, -0.2) is 4.57 Å². The van der Waals surface area contributed by atoms with Crippen LogP contribution < -0.4 is 4.57 Å². The highest BCUT2D eigenvalue weighted by atomic mass is 15.1. The summed E-state index contributed by atoms with van der Waals surface area (Å²) in [5, 5.41) is 0. The Kier molecular flexibility index (Phi) is 39.7. The lowest BCUT2D eigenvalue weighted by molar-refractivity contribution is -0.724. The maximum Gasteiger partial charge on any atom is 0.243 e. The van der Waals surface area contributed by atoms with Crippen molar-refractivity contribution in [3.63, 3.8) is 0 Å². The van der Waals surface area contributed by atoms with Crippen molar-refractivity contribution in [1.82, 2.24) is 4.57 Å². The molecule has 1 aromatic heterocycles. The average Bonchev–Trinajstić information content (AvgIpc) is 3.62. The van der Waals surface area contributed by atoms with Crippen LogP contribution in [0.2, 0.25) is 0 Å². The van der Waals surface area contributed by atoms with E-state index in [1.165, 1.54) is 276 Å². The van der Waals surface area contributed by atoms with Gasteiger partial charge in [0.05, 0.1) is 7.05 Å². The molecular formula is C52H103N2+. The van der Waals surface area contributed by atoms with Crippen LogP contribution in [0.15, 0.2) is 18.7 Å². The van der Waals surface area contributed by atoms with E-state index in [1.807, 2.05) is 0 Å². The quantitative estimate of drug-likeness (QED) is 0.0463. The Labute approximate surface area is 342 Å². The molecule has 0 saturated heterocycles. The third-order valence-corrected chi connectivity index (χ3v) is 12.9. The molecule has 0 saturated carbocycles. The number of hydrogen-bond donors (Lipinski definition) is 0. The fourth-order valence-corrected chi connectivity index (χ4v) is 9.14. The summed E-state index contributed by atoms with van der Waals surface area (Å²) >= 11 is 0. The molecule has 1 aromatic rings. The zero-order chi connectivity index (χ0) is 38.8. The Morgan fingerprint density at radius 2 is 0.574 bits per heavy atom. The molecule has 0 aliphatic rings. The lowest BCUT2D eigenvalue weighted by Gasteiger charge is -2.18. The van der Waals surface area contributed by atoms with Crippen molar-refractivity contribution in [3.8, 4) is 0 Å². The molecule has 0 fully saturated rings. The molecule has 0 amide bonds. The minimum atomic E-state index is 0.696. The van der Waals surface area contributed by atoms with E-state index in [1.54, 1.807) is 0 Å². The van der Waals surface area contributed by atoms with E-state index in [2.05, 4.69) is 55.7 Å². The van der Waals surface area contributed by atoms with Gasteiger partial charge in [-0.3, -0.25) is 0 Å². The second-order valence-electron chi connectivity index (χ2n) is 18.4. The van der Waals surface area contributed by atoms with Crippen molar-refractivity contribution >= 4 is 0 Å². The lowest BCUT2D eigenvalue weighted by atomic mass is 9.89. The fourth-order valence-electron chi connectivity index (χ4n) is 9.14. The van der Waals surface area contributed by atoms with Crippen LogP contribution in [-0.2, 0) is 7.05 Å². The van der Waals surface area contributed by atoms with Gasteiger partial charge in [-0.1, -0.05) is 271 Å². The van der Waals surface area contributed by atoms with Crippen LogP contribution in [0.25, 0.3) is 0 Å². The van der Waals surface area contributed by atoms with Gasteiger partial charge in [-0.2, -0.15) is 0 Å². The van der Waals surface area contributed by atoms with E-state index >= 15 is 0 Å². The molecule has 1 rings (SSSR count). The van der Waals surface area contributed by atoms with Crippen LogP contribution in [0.3, 0.4) is 0 Å². The van der Waals surface area contributed by atoms with Gasteiger partial charge in [0.15, 0.2) is 0 Å². The molecule has 320 valence electrons. The summed E-state index contributed by atoms with van der Waals surface area (Å²) in [5.74, 6) is 0.982. The fraction of sp³-hybridized carbons (Fsp3) is 0.942. The van der Waals surface area contributed by atoms with Crippen molar-refractivity contribution in [1.29, 1.82) is 0 Å². The monoisotopic (exact) mass is 756 g/mol. The maximum absolute atomic E-state index is 2.52. The average molecular weight is 756 g/mol. The van der Waals surface area contributed by atoms with Crippen LogP contribution in [0.1, 0.15) is 303 Å². The normalized spacial score (nSPS) is 12.4. The molecule has 1 heterocycles. The molecule has 0 bridgehead atoms. The van der Waals surface area contributed by atoms with E-state index in [4.69, 9.17) is 0 Å². The number of rotatable bonds is 45. The zero-order valence-corrected chi connectivity index (χ0v) is 38.2. The van der Waals surface area contributed by atoms with Gasteiger partial charge >= 0.3 is 0 Å². The van der Waals surface area contributed by atoms with Gasteiger partial charge in [0, 0.05) is 0 Å². The van der Waals surface area contributed by atoms with Gasteiger partial charge in [0.1, 0.15) is 18.4 Å². The predicted molar refractivity (Wildman–Crippen MR) is 244 cm³/mol. The maximum atomic E-state index is 2.52. The van der Waals surface area contributed by atoms with E-state index in [9.17, 15) is 0 Å². The molecule has 2 heteroatoms. The van der Waals surface area contributed by atoms with Gasteiger partial charge in [-0.25, -0.2) is 9.13 Å². The molecule has 0 spiro atoms. The first kappa shape index (κ1) is 51.2. The molecule has 2 nitrogen and oxygen atoms in total. The molecule has 0 aliphatic heterocycles. The largest absolute Gasteiger partial charge is 0.243 e. The number of imidazole rings is 1. The minimum Gasteiger partial charge on any atom is -0.240 e. The summed E-state index contributed by atoms with van der Waals surface area (Å²) in [7, 11) is 2.17. The molecule has 0 radical (unpaired) electrons. The SMILES string of the molecule is CCCCCCCCCCCCCCCCCCC(CCCCCCCCCCCCCCCCCC)CCCCC(CCCCCC)[n+]1ccn(C)c1. The molecule has 54 heavy (non-hydrogen) atoms. The Morgan fingerprint density at radius 1 is 0.333 bits per heavy atom. The van der Waals surface area contributed by atoms with Gasteiger partial charge in [-0.05, 0) is 31.6 Å². The molecule has 1 atom stereocenters. The van der Waals surface area contributed by atoms with E-state index in [-0.39, 0.29) is 0 Å². The first-order valence-corrected chi connectivity index (χ1v) is 25.7. The highest BCUT2D eigenvalue weighted by molar-refractivity contribution is 4.67. The van der Waals surface area contributed by atoms with E-state index < -0.39 is 0 Å². The standard InChI is InChI=1S/C52H103N2/c1-5-8-11-14-16-18-20-22-24-26-28-30-32-34-36-38-43-51(44-39-37-35-33-31-29-27-25-23-21-19-17-15-12-9-6-2)45-41-42-47-52(46-40-13-10-7-3)54-49-48-53(4)50-54/h48-52H,5-47H2,1-4H3/q+1. The van der Waals surface area contributed by atoms with Crippen molar-refractivity contribution < 1.29 is 4.57 Å². The molecule has 0 aliphatic carbocycles. The van der Waals surface area contributed by atoms with Crippen LogP contribution >= 0.6 is 0 Å². The molecule has 0 N–H and O–H groups in total. The Balaban J connectivity index is 2.25. The summed E-state index contributed by atoms with van der Waals surface area (Å²) in [6.07, 6.45) is 69.6. The summed E-state index contributed by atoms with van der Waals surface area (Å²) in [6.45, 7) is 6.97. The number of hydrogen-bond acceptors (Lipinski definition) is 0. The number of aromatic nitrogens is 2. The molecule has 1 unspecified atom stereocenters. The number of nitrogens with zero attached hydrogens (tertiary/aromatic N) is 2. The van der Waals surface area contributed by atoms with Gasteiger partial charge < -0.3 is 0 Å². The number of aryl methyl sites for hydroxylation is 1. The smallest absolute Gasteiger partial charge is 0.240 e. The summed E-state index contributed by atoms with van der Waals surface area (Å²) in [5.41, 5.74) is 0. The predicted octanol–water partition coefficient (Wildman–Crippen LogP) is 18.3. The van der Waals surface area contributed by atoms with Crippen LogP contribution in [0, 0.1) is 5.92 Å². The van der Waals surface area contributed by atoms with Gasteiger partial charge in [0.25, 0.3) is 0 Å². The zero-order valence-electron chi connectivity index (χ0n) is 38.2. The third-order valence-electron chi connectivity index (χ3n) is 12.9. The highest BCUT2D eigenvalue weighted by Gasteiger charge is 2.17. The summed E-state index contributed by atoms with van der Waals surface area (Å²) in [6, 6.07) is 0.696. The third kappa shape index (κ3) is 34.5. The lowest BCUT2D eigenvalue weighted by Crippen LogP contribution is -2.37. The topological polar surface area (TPSA) is 8.81 Å². The minimum absolute atomic E-state index is 0.696. The molecule has 0 aromatic carbocycles. The summed E-state index contributed by atoms with van der Waals surface area (Å²) < 4.78 is 4.75. The van der Waals surface area contributed by atoms with Gasteiger partial charge in [-0.15, -0.1) is 0 Å². The highest BCUT2D eigenvalue weighted by Crippen LogP contribution is 2.26. The van der Waals surface area contributed by atoms with E-state index in [0.717, 1.165) is 5.92 Å². The Hall–Kier alpha value is -0.790. The first-order valence-electron chi connectivity index (χ1n) is 25.7. The Bertz CT molecular complexity index is 792. The van der Waals surface area contributed by atoms with Crippen molar-refractivity contribution in [3.05, 3.63) is 18.7 Å². The second kappa shape index (κ2) is 41.8. The van der Waals surface area contributed by atoms with Crippen molar-refractivity contribution in [2.24, 2.45) is 13.0 Å².